The topological polar surface area (TPSA) is 64.3 Å². The van der Waals surface area contributed by atoms with E-state index in [1.54, 1.807) is 0 Å². The van der Waals surface area contributed by atoms with Gasteiger partial charge in [-0.2, -0.15) is 0 Å². The molecule has 0 spiro atoms. The third kappa shape index (κ3) is 4.28. The standard InChI is InChI=1S/C13H24N2O2/c14-7-11-3-1-2-4-12(11)15-13(16)9-17-8-10-5-6-10/h10-12H,1-9,14H2,(H,15,16). The molecule has 2 atom stereocenters. The predicted octanol–water partition coefficient (Wildman–Crippen LogP) is 1.05. The number of carbonyl (C=O) groups is 1. The quantitative estimate of drug-likeness (QED) is 0.729. The van der Waals surface area contributed by atoms with Gasteiger partial charge in [-0.15, -0.1) is 0 Å². The number of nitrogens with one attached hydrogen (secondary N) is 1. The van der Waals surface area contributed by atoms with Crippen LogP contribution in [0.2, 0.25) is 0 Å². The second kappa shape index (κ2) is 6.36. The van der Waals surface area contributed by atoms with Crippen LogP contribution in [0.25, 0.3) is 0 Å². The molecule has 0 aromatic rings. The highest BCUT2D eigenvalue weighted by atomic mass is 16.5. The summed E-state index contributed by atoms with van der Waals surface area (Å²) in [5.74, 6) is 1.20. The number of nitrogens with two attached hydrogens (primary N) is 1. The highest BCUT2D eigenvalue weighted by Crippen LogP contribution is 2.28. The molecule has 0 aliphatic heterocycles. The highest BCUT2D eigenvalue weighted by Gasteiger charge is 2.26. The molecule has 0 aromatic heterocycles. The molecule has 0 bridgehead atoms. The molecule has 2 saturated carbocycles. The Balaban J connectivity index is 1.64. The largest absolute Gasteiger partial charge is 0.371 e. The maximum absolute atomic E-state index is 11.7. The van der Waals surface area contributed by atoms with E-state index in [0.717, 1.165) is 19.4 Å². The average molecular weight is 240 g/mol. The Hall–Kier alpha value is -0.610. The molecular weight excluding hydrogens is 216 g/mol. The van der Waals surface area contributed by atoms with E-state index in [2.05, 4.69) is 5.32 Å². The van der Waals surface area contributed by atoms with Crippen LogP contribution in [-0.2, 0) is 9.53 Å². The van der Waals surface area contributed by atoms with Crippen LogP contribution >= 0.6 is 0 Å². The third-order valence-electron chi connectivity index (χ3n) is 3.84. The van der Waals surface area contributed by atoms with Crippen LogP contribution in [0.1, 0.15) is 38.5 Å². The lowest BCUT2D eigenvalue weighted by Crippen LogP contribution is -2.45. The van der Waals surface area contributed by atoms with E-state index in [1.807, 2.05) is 0 Å². The maximum atomic E-state index is 11.7. The fraction of sp³-hybridized carbons (Fsp3) is 0.923. The molecule has 0 saturated heterocycles. The van der Waals surface area contributed by atoms with E-state index in [9.17, 15) is 4.79 Å². The number of carbonyl (C=O) groups excluding carboxylic acids is 1. The minimum atomic E-state index is 0.0241. The van der Waals surface area contributed by atoms with Crippen molar-refractivity contribution in [2.24, 2.45) is 17.6 Å². The first-order chi connectivity index (χ1) is 8.29. The lowest BCUT2D eigenvalue weighted by molar-refractivity contribution is -0.127. The Morgan fingerprint density at radius 2 is 2.00 bits per heavy atom. The summed E-state index contributed by atoms with van der Waals surface area (Å²) >= 11 is 0. The SMILES string of the molecule is NCC1CCCCC1NC(=O)COCC1CC1. The zero-order valence-electron chi connectivity index (χ0n) is 10.5. The zero-order valence-corrected chi connectivity index (χ0v) is 10.5. The van der Waals surface area contributed by atoms with Crippen molar-refractivity contribution in [1.82, 2.24) is 5.32 Å². The first-order valence-electron chi connectivity index (χ1n) is 6.86. The summed E-state index contributed by atoms with van der Waals surface area (Å²) in [6.45, 7) is 1.64. The van der Waals surface area contributed by atoms with Crippen LogP contribution in [0.5, 0.6) is 0 Å². The van der Waals surface area contributed by atoms with Crippen LogP contribution in [0, 0.1) is 11.8 Å². The van der Waals surface area contributed by atoms with Gasteiger partial charge in [0.2, 0.25) is 5.91 Å². The van der Waals surface area contributed by atoms with Crippen molar-refractivity contribution in [2.75, 3.05) is 19.8 Å². The number of rotatable bonds is 6. The van der Waals surface area contributed by atoms with Crippen LogP contribution in [0.4, 0.5) is 0 Å². The number of hydrogen-bond donors (Lipinski definition) is 2. The third-order valence-corrected chi connectivity index (χ3v) is 3.84. The predicted molar refractivity (Wildman–Crippen MR) is 66.5 cm³/mol. The first kappa shape index (κ1) is 12.8. The minimum absolute atomic E-state index is 0.0241. The Morgan fingerprint density at radius 3 is 2.71 bits per heavy atom. The van der Waals surface area contributed by atoms with Gasteiger partial charge >= 0.3 is 0 Å². The molecule has 2 aliphatic rings. The van der Waals surface area contributed by atoms with Gasteiger partial charge in [-0.1, -0.05) is 12.8 Å². The molecule has 1 amide bonds. The summed E-state index contributed by atoms with van der Waals surface area (Å²) in [4.78, 5) is 11.7. The van der Waals surface area contributed by atoms with Gasteiger partial charge in [-0.05, 0) is 44.1 Å². The molecule has 4 heteroatoms. The van der Waals surface area contributed by atoms with E-state index in [4.69, 9.17) is 10.5 Å². The summed E-state index contributed by atoms with van der Waals surface area (Å²) in [5, 5.41) is 3.07. The minimum Gasteiger partial charge on any atom is -0.371 e. The number of hydrogen-bond acceptors (Lipinski definition) is 3. The lowest BCUT2D eigenvalue weighted by Gasteiger charge is -2.31. The molecular formula is C13H24N2O2. The summed E-state index contributed by atoms with van der Waals surface area (Å²) in [5.41, 5.74) is 5.73. The summed E-state index contributed by atoms with van der Waals surface area (Å²) < 4.78 is 5.39. The fourth-order valence-corrected chi connectivity index (χ4v) is 2.53. The Kier molecular flexibility index (Phi) is 4.80. The monoisotopic (exact) mass is 240 g/mol. The van der Waals surface area contributed by atoms with Gasteiger partial charge in [0.15, 0.2) is 0 Å². The fourth-order valence-electron chi connectivity index (χ4n) is 2.53. The molecule has 98 valence electrons. The summed E-state index contributed by atoms with van der Waals surface area (Å²) in [6, 6.07) is 0.269. The lowest BCUT2D eigenvalue weighted by atomic mass is 9.84. The maximum Gasteiger partial charge on any atom is 0.246 e. The van der Waals surface area contributed by atoms with Crippen molar-refractivity contribution in [3.05, 3.63) is 0 Å². The normalized spacial score (nSPS) is 29.0. The molecule has 4 nitrogen and oxygen atoms in total. The summed E-state index contributed by atoms with van der Waals surface area (Å²) in [6.07, 6.45) is 7.18. The van der Waals surface area contributed by atoms with E-state index in [-0.39, 0.29) is 18.6 Å². The molecule has 2 aliphatic carbocycles. The Bertz CT molecular complexity index is 254. The Labute approximate surface area is 103 Å². The zero-order chi connectivity index (χ0) is 12.1. The molecule has 2 rings (SSSR count). The van der Waals surface area contributed by atoms with Crippen molar-refractivity contribution in [2.45, 2.75) is 44.6 Å². The highest BCUT2D eigenvalue weighted by molar-refractivity contribution is 5.77. The number of amides is 1. The van der Waals surface area contributed by atoms with Gasteiger partial charge in [-0.3, -0.25) is 4.79 Å². The van der Waals surface area contributed by atoms with E-state index >= 15 is 0 Å². The van der Waals surface area contributed by atoms with Gasteiger partial charge in [0, 0.05) is 6.04 Å². The van der Waals surface area contributed by atoms with Gasteiger partial charge in [-0.25, -0.2) is 0 Å². The van der Waals surface area contributed by atoms with Crippen molar-refractivity contribution in [3.8, 4) is 0 Å². The smallest absolute Gasteiger partial charge is 0.246 e. The second-order valence-corrected chi connectivity index (χ2v) is 5.41. The van der Waals surface area contributed by atoms with Gasteiger partial charge in [0.1, 0.15) is 6.61 Å². The molecule has 0 heterocycles. The van der Waals surface area contributed by atoms with Crippen molar-refractivity contribution < 1.29 is 9.53 Å². The van der Waals surface area contributed by atoms with Gasteiger partial charge < -0.3 is 15.8 Å². The van der Waals surface area contributed by atoms with E-state index < -0.39 is 0 Å². The van der Waals surface area contributed by atoms with Crippen molar-refractivity contribution in [3.63, 3.8) is 0 Å². The van der Waals surface area contributed by atoms with Crippen LogP contribution in [0.3, 0.4) is 0 Å². The molecule has 3 N–H and O–H groups in total. The first-order valence-corrected chi connectivity index (χ1v) is 6.86. The Morgan fingerprint density at radius 1 is 1.24 bits per heavy atom. The average Bonchev–Trinajstić information content (AvgIpc) is 3.14. The molecule has 0 radical (unpaired) electrons. The second-order valence-electron chi connectivity index (χ2n) is 5.41. The number of ether oxygens (including phenoxy) is 1. The van der Waals surface area contributed by atoms with Gasteiger partial charge in [0.25, 0.3) is 0 Å². The molecule has 2 fully saturated rings. The summed E-state index contributed by atoms with van der Waals surface area (Å²) in [7, 11) is 0. The van der Waals surface area contributed by atoms with Crippen molar-refractivity contribution >= 4 is 5.91 Å². The van der Waals surface area contributed by atoms with Crippen LogP contribution < -0.4 is 11.1 Å². The van der Waals surface area contributed by atoms with E-state index in [0.29, 0.717) is 18.4 Å². The van der Waals surface area contributed by atoms with E-state index in [1.165, 1.54) is 25.7 Å². The van der Waals surface area contributed by atoms with Gasteiger partial charge in [0.05, 0.1) is 6.61 Å². The van der Waals surface area contributed by atoms with Crippen LogP contribution in [-0.4, -0.2) is 31.7 Å². The molecule has 17 heavy (non-hydrogen) atoms. The van der Waals surface area contributed by atoms with Crippen LogP contribution in [0.15, 0.2) is 0 Å². The molecule has 0 aromatic carbocycles. The molecule has 2 unspecified atom stereocenters. The van der Waals surface area contributed by atoms with Crippen molar-refractivity contribution in [1.29, 1.82) is 0 Å².